The summed E-state index contributed by atoms with van der Waals surface area (Å²) in [5.41, 5.74) is 5.09. The predicted octanol–water partition coefficient (Wildman–Crippen LogP) is 1.47. The average molecular weight is 363 g/mol. The molecule has 1 amide bonds. The van der Waals surface area contributed by atoms with E-state index in [2.05, 4.69) is 16.2 Å². The highest BCUT2D eigenvalue weighted by Gasteiger charge is 2.18. The van der Waals surface area contributed by atoms with Crippen LogP contribution in [0.25, 0.3) is 0 Å². The number of carbonyl (C=O) groups excluding carboxylic acids is 1. The van der Waals surface area contributed by atoms with Crippen LogP contribution < -0.4 is 30.4 Å². The predicted molar refractivity (Wildman–Crippen MR) is 92.1 cm³/mol. The molecule has 2 heterocycles. The molecule has 0 bridgehead atoms. The topological polar surface area (TPSA) is 94.0 Å². The molecule has 132 valence electrons. The van der Waals surface area contributed by atoms with Crippen molar-refractivity contribution >= 4 is 23.2 Å². The molecule has 1 unspecified atom stereocenters. The van der Waals surface area contributed by atoms with Gasteiger partial charge in [0.1, 0.15) is 11.5 Å². The monoisotopic (exact) mass is 363 g/mol. The summed E-state index contributed by atoms with van der Waals surface area (Å²) in [7, 11) is 0. The second kappa shape index (κ2) is 7.75. The van der Waals surface area contributed by atoms with Crippen molar-refractivity contribution in [3.63, 3.8) is 0 Å². The van der Waals surface area contributed by atoms with Crippen LogP contribution in [0.1, 0.15) is 12.7 Å². The smallest absolute Gasteiger partial charge is 0.279 e. The first-order valence-electron chi connectivity index (χ1n) is 7.54. The van der Waals surface area contributed by atoms with Crippen molar-refractivity contribution in [3.8, 4) is 17.2 Å². The lowest BCUT2D eigenvalue weighted by Gasteiger charge is -2.16. The van der Waals surface area contributed by atoms with Gasteiger partial charge in [0, 0.05) is 6.07 Å². The third kappa shape index (κ3) is 4.54. The highest BCUT2D eigenvalue weighted by atomic mass is 32.1. The first kappa shape index (κ1) is 16.9. The van der Waals surface area contributed by atoms with Crippen molar-refractivity contribution < 1.29 is 23.4 Å². The van der Waals surface area contributed by atoms with Gasteiger partial charge in [-0.3, -0.25) is 15.6 Å². The number of carbonyl (C=O) groups is 1. The van der Waals surface area contributed by atoms with Gasteiger partial charge in [0.05, 0.1) is 12.8 Å². The number of hydrogen-bond acceptors (Lipinski definition) is 6. The number of hydrogen-bond donors (Lipinski definition) is 3. The van der Waals surface area contributed by atoms with Crippen molar-refractivity contribution in [1.82, 2.24) is 16.2 Å². The normalized spacial score (nSPS) is 13.0. The van der Waals surface area contributed by atoms with E-state index in [9.17, 15) is 4.79 Å². The Hall–Kier alpha value is -2.94. The van der Waals surface area contributed by atoms with E-state index in [0.29, 0.717) is 23.8 Å². The summed E-state index contributed by atoms with van der Waals surface area (Å²) in [6.07, 6.45) is 0.838. The summed E-state index contributed by atoms with van der Waals surface area (Å²) < 4.78 is 21.3. The van der Waals surface area contributed by atoms with E-state index in [-0.39, 0.29) is 17.8 Å². The number of fused-ring (bicyclic) bond motifs is 1. The highest BCUT2D eigenvalue weighted by Crippen LogP contribution is 2.35. The summed E-state index contributed by atoms with van der Waals surface area (Å²) >= 11 is 5.07. The third-order valence-electron chi connectivity index (χ3n) is 3.33. The Morgan fingerprint density at radius 2 is 2.12 bits per heavy atom. The van der Waals surface area contributed by atoms with Gasteiger partial charge >= 0.3 is 0 Å². The minimum atomic E-state index is -0.735. The Bertz CT molecular complexity index is 750. The summed E-state index contributed by atoms with van der Waals surface area (Å²) in [5, 5.41) is 3.16. The van der Waals surface area contributed by atoms with E-state index in [0.717, 1.165) is 5.76 Å². The standard InChI is InChI=1S/C16H17N3O5S/c1-10(24-11-4-5-13-14(7-11)23-9-22-13)15(20)18-19-16(25)17-8-12-3-2-6-21-12/h2-7,10H,8-9H2,1H3,(H,18,20)(H2,17,19,25). The lowest BCUT2D eigenvalue weighted by molar-refractivity contribution is -0.127. The second-order valence-corrected chi connectivity index (χ2v) is 5.56. The van der Waals surface area contributed by atoms with Crippen molar-refractivity contribution in [2.75, 3.05) is 6.79 Å². The Morgan fingerprint density at radius 1 is 1.28 bits per heavy atom. The number of nitrogens with one attached hydrogen (secondary N) is 3. The van der Waals surface area contributed by atoms with Crippen LogP contribution in [-0.4, -0.2) is 23.9 Å². The van der Waals surface area contributed by atoms with Crippen LogP contribution in [-0.2, 0) is 11.3 Å². The number of amides is 1. The Kier molecular flexibility index (Phi) is 5.24. The number of benzene rings is 1. The number of rotatable bonds is 5. The van der Waals surface area contributed by atoms with Crippen LogP contribution in [0.5, 0.6) is 17.2 Å². The van der Waals surface area contributed by atoms with Crippen LogP contribution in [0, 0.1) is 0 Å². The fraction of sp³-hybridized carbons (Fsp3) is 0.250. The minimum Gasteiger partial charge on any atom is -0.481 e. The molecule has 1 aromatic heterocycles. The van der Waals surface area contributed by atoms with Crippen LogP contribution in [0.4, 0.5) is 0 Å². The fourth-order valence-corrected chi connectivity index (χ4v) is 2.18. The molecule has 0 radical (unpaired) electrons. The first-order chi connectivity index (χ1) is 12.1. The third-order valence-corrected chi connectivity index (χ3v) is 3.58. The zero-order valence-corrected chi connectivity index (χ0v) is 14.2. The Labute approximate surface area is 149 Å². The zero-order chi connectivity index (χ0) is 17.6. The molecule has 0 fully saturated rings. The van der Waals surface area contributed by atoms with Crippen LogP contribution in [0.3, 0.4) is 0 Å². The summed E-state index contributed by atoms with van der Waals surface area (Å²) in [6.45, 7) is 2.22. The van der Waals surface area contributed by atoms with Gasteiger partial charge in [-0.1, -0.05) is 0 Å². The quantitative estimate of drug-likeness (QED) is 0.543. The largest absolute Gasteiger partial charge is 0.481 e. The molecule has 25 heavy (non-hydrogen) atoms. The van der Waals surface area contributed by atoms with Gasteiger partial charge in [-0.25, -0.2) is 0 Å². The molecule has 1 aliphatic rings. The Morgan fingerprint density at radius 3 is 2.92 bits per heavy atom. The molecule has 3 N–H and O–H groups in total. The number of hydrazine groups is 1. The molecule has 0 saturated heterocycles. The van der Waals surface area contributed by atoms with E-state index in [1.807, 2.05) is 6.07 Å². The van der Waals surface area contributed by atoms with Gasteiger partial charge in [0.15, 0.2) is 22.7 Å². The SMILES string of the molecule is CC(Oc1ccc2c(c1)OCO2)C(=O)NNC(=S)NCc1ccco1. The van der Waals surface area contributed by atoms with Crippen molar-refractivity contribution in [2.24, 2.45) is 0 Å². The zero-order valence-electron chi connectivity index (χ0n) is 13.4. The van der Waals surface area contributed by atoms with Crippen molar-refractivity contribution in [1.29, 1.82) is 0 Å². The molecule has 8 nitrogen and oxygen atoms in total. The van der Waals surface area contributed by atoms with Gasteiger partial charge in [-0.2, -0.15) is 0 Å². The van der Waals surface area contributed by atoms with Crippen molar-refractivity contribution in [3.05, 3.63) is 42.4 Å². The van der Waals surface area contributed by atoms with E-state index >= 15 is 0 Å². The van der Waals surface area contributed by atoms with E-state index in [1.165, 1.54) is 0 Å². The minimum absolute atomic E-state index is 0.182. The van der Waals surface area contributed by atoms with Crippen LogP contribution in [0.2, 0.25) is 0 Å². The molecule has 3 rings (SSSR count). The molecular weight excluding hydrogens is 346 g/mol. The van der Waals surface area contributed by atoms with E-state index in [4.69, 9.17) is 30.8 Å². The maximum Gasteiger partial charge on any atom is 0.279 e. The molecule has 1 atom stereocenters. The van der Waals surface area contributed by atoms with E-state index < -0.39 is 6.10 Å². The maximum absolute atomic E-state index is 12.1. The summed E-state index contributed by atoms with van der Waals surface area (Å²) in [6, 6.07) is 8.71. The molecule has 2 aromatic rings. The van der Waals surface area contributed by atoms with Crippen LogP contribution >= 0.6 is 12.2 Å². The van der Waals surface area contributed by atoms with Crippen molar-refractivity contribution in [2.45, 2.75) is 19.6 Å². The first-order valence-corrected chi connectivity index (χ1v) is 7.95. The van der Waals surface area contributed by atoms with Gasteiger partial charge in [0.2, 0.25) is 6.79 Å². The number of thiocarbonyl (C=S) groups is 1. The molecule has 0 saturated carbocycles. The number of ether oxygens (including phenoxy) is 3. The van der Waals surface area contributed by atoms with Gasteiger partial charge < -0.3 is 23.9 Å². The second-order valence-electron chi connectivity index (χ2n) is 5.15. The summed E-state index contributed by atoms with van der Waals surface area (Å²) in [5.74, 6) is 2.10. The summed E-state index contributed by atoms with van der Waals surface area (Å²) in [4.78, 5) is 12.1. The molecule has 1 aliphatic heterocycles. The Balaban J connectivity index is 1.42. The fourth-order valence-electron chi connectivity index (χ4n) is 2.05. The molecule has 1 aromatic carbocycles. The average Bonchev–Trinajstić information content (AvgIpc) is 3.28. The molecule has 9 heteroatoms. The maximum atomic E-state index is 12.1. The molecule has 0 aliphatic carbocycles. The highest BCUT2D eigenvalue weighted by molar-refractivity contribution is 7.80. The lowest BCUT2D eigenvalue weighted by atomic mass is 10.3. The van der Waals surface area contributed by atoms with Gasteiger partial charge in [0.25, 0.3) is 5.91 Å². The number of furan rings is 1. The van der Waals surface area contributed by atoms with E-state index in [1.54, 1.807) is 37.5 Å². The van der Waals surface area contributed by atoms with Gasteiger partial charge in [-0.05, 0) is 43.4 Å². The van der Waals surface area contributed by atoms with Gasteiger partial charge in [-0.15, -0.1) is 0 Å². The molecule has 0 spiro atoms. The molecular formula is C16H17N3O5S. The van der Waals surface area contributed by atoms with Crippen LogP contribution in [0.15, 0.2) is 41.0 Å². The lowest BCUT2D eigenvalue weighted by Crippen LogP contribution is -2.50.